The van der Waals surface area contributed by atoms with Crippen LogP contribution in [0.2, 0.25) is 0 Å². The molecular weight excluding hydrogens is 411 g/mol. The molecule has 0 spiro atoms. The number of piperazine rings is 1. The molecule has 4 rings (SSSR count). The number of halogens is 3. The summed E-state index contributed by atoms with van der Waals surface area (Å²) in [4.78, 5) is 16.9. The highest BCUT2D eigenvalue weighted by molar-refractivity contribution is 5.88. The number of hydrogen-bond donors (Lipinski definition) is 1. The molecular formula is C21H24F3N5O2. The third-order valence-corrected chi connectivity index (χ3v) is 5.79. The Morgan fingerprint density at radius 1 is 1.16 bits per heavy atom. The topological polar surface area (TPSA) is 66.4 Å². The van der Waals surface area contributed by atoms with E-state index in [2.05, 4.69) is 38.6 Å². The third-order valence-electron chi connectivity index (χ3n) is 5.79. The molecule has 1 aliphatic heterocycles. The number of ether oxygens (including phenoxy) is 1. The lowest BCUT2D eigenvalue weighted by Crippen LogP contribution is -2.56. The van der Waals surface area contributed by atoms with Gasteiger partial charge in [0.25, 0.3) is 5.56 Å². The maximum Gasteiger partial charge on any atom is 0.573 e. The quantitative estimate of drug-likeness (QED) is 0.682. The molecule has 1 N–H and O–H groups in total. The number of nitrogens with one attached hydrogen (secondary N) is 1. The highest BCUT2D eigenvalue weighted by Crippen LogP contribution is 2.29. The van der Waals surface area contributed by atoms with Gasteiger partial charge in [-0.15, -0.1) is 13.2 Å². The van der Waals surface area contributed by atoms with Crippen LogP contribution >= 0.6 is 0 Å². The van der Waals surface area contributed by atoms with Gasteiger partial charge in [0.2, 0.25) is 0 Å². The summed E-state index contributed by atoms with van der Waals surface area (Å²) in [6.45, 7) is 6.26. The molecule has 3 heterocycles. The minimum atomic E-state index is -4.69. The molecule has 10 heteroatoms. The summed E-state index contributed by atoms with van der Waals surface area (Å²) in [5.74, 6) is -0.225. The summed E-state index contributed by atoms with van der Waals surface area (Å²) < 4.78 is 42.5. The second kappa shape index (κ2) is 7.92. The predicted molar refractivity (Wildman–Crippen MR) is 111 cm³/mol. The zero-order valence-corrected chi connectivity index (χ0v) is 17.5. The molecule has 7 nitrogen and oxygen atoms in total. The predicted octanol–water partition coefficient (Wildman–Crippen LogP) is 3.26. The largest absolute Gasteiger partial charge is 0.573 e. The summed E-state index contributed by atoms with van der Waals surface area (Å²) in [5.41, 5.74) is 3.24. The highest BCUT2D eigenvalue weighted by Gasteiger charge is 2.32. The number of H-pyrrole nitrogens is 1. The summed E-state index contributed by atoms with van der Waals surface area (Å²) in [5, 5.41) is 7.10. The van der Waals surface area contributed by atoms with E-state index < -0.39 is 6.36 Å². The summed E-state index contributed by atoms with van der Waals surface area (Å²) in [6.07, 6.45) is -3.04. The zero-order chi connectivity index (χ0) is 22.3. The number of hydrogen-bond acceptors (Lipinski definition) is 5. The Kier molecular flexibility index (Phi) is 5.42. The number of aryl methyl sites for hydroxylation is 1. The van der Waals surface area contributed by atoms with Gasteiger partial charge in [-0.3, -0.25) is 14.8 Å². The van der Waals surface area contributed by atoms with E-state index in [0.29, 0.717) is 13.1 Å². The van der Waals surface area contributed by atoms with Gasteiger partial charge in [0.05, 0.1) is 17.4 Å². The fourth-order valence-corrected chi connectivity index (χ4v) is 4.14. The van der Waals surface area contributed by atoms with Gasteiger partial charge < -0.3 is 14.2 Å². The number of pyridine rings is 1. The average molecular weight is 435 g/mol. The van der Waals surface area contributed by atoms with Crippen molar-refractivity contribution in [3.63, 3.8) is 0 Å². The number of aromatic nitrogens is 3. The second-order valence-corrected chi connectivity index (χ2v) is 8.03. The molecule has 2 atom stereocenters. The Hall–Kier alpha value is -3.01. The van der Waals surface area contributed by atoms with Gasteiger partial charge in [-0.2, -0.15) is 5.10 Å². The monoisotopic (exact) mass is 435 g/mol. The molecule has 1 fully saturated rings. The van der Waals surface area contributed by atoms with Crippen molar-refractivity contribution in [2.45, 2.75) is 38.8 Å². The van der Waals surface area contributed by atoms with Crippen LogP contribution in [0.1, 0.15) is 19.4 Å². The van der Waals surface area contributed by atoms with Crippen LogP contribution in [0.4, 0.5) is 18.9 Å². The molecule has 0 bridgehead atoms. The van der Waals surface area contributed by atoms with E-state index in [4.69, 9.17) is 0 Å². The van der Waals surface area contributed by atoms with E-state index in [0.717, 1.165) is 28.8 Å². The van der Waals surface area contributed by atoms with Crippen LogP contribution in [-0.4, -0.2) is 51.2 Å². The number of rotatable bonds is 4. The van der Waals surface area contributed by atoms with E-state index in [1.165, 1.54) is 12.1 Å². The third kappa shape index (κ3) is 4.39. The number of aromatic amines is 1. The molecule has 0 saturated carbocycles. The van der Waals surface area contributed by atoms with Crippen molar-refractivity contribution in [2.24, 2.45) is 7.05 Å². The van der Waals surface area contributed by atoms with Crippen LogP contribution in [-0.2, 0) is 13.6 Å². The van der Waals surface area contributed by atoms with E-state index in [-0.39, 0.29) is 23.4 Å². The molecule has 0 unspecified atom stereocenters. The first-order chi connectivity index (χ1) is 14.6. The van der Waals surface area contributed by atoms with Gasteiger partial charge in [0.15, 0.2) is 0 Å². The number of benzene rings is 1. The lowest BCUT2D eigenvalue weighted by Gasteiger charge is -2.45. The van der Waals surface area contributed by atoms with Crippen LogP contribution in [0.15, 0.2) is 41.3 Å². The lowest BCUT2D eigenvalue weighted by atomic mass is 10.1. The van der Waals surface area contributed by atoms with Crippen molar-refractivity contribution in [1.82, 2.24) is 19.7 Å². The van der Waals surface area contributed by atoms with E-state index >= 15 is 0 Å². The minimum Gasteiger partial charge on any atom is -0.406 e. The van der Waals surface area contributed by atoms with Gasteiger partial charge in [-0.1, -0.05) is 12.1 Å². The molecule has 31 heavy (non-hydrogen) atoms. The fraction of sp³-hybridized carbons (Fsp3) is 0.429. The standard InChI is InChI=1S/C21H24F3N5O2/c1-13-11-29(17-8-19(30)27(3)18-9-25-26-20(17)18)14(2)10-28(13)12-15-4-6-16(7-5-15)31-21(22,23)24/h4-9,13-14H,10-12H2,1-3H3,(H,25,26)/t13-,14+/m1/s1. The molecule has 3 aromatic rings. The molecule has 2 aromatic heterocycles. The molecule has 166 valence electrons. The van der Waals surface area contributed by atoms with E-state index in [1.807, 2.05) is 0 Å². The van der Waals surface area contributed by atoms with Crippen molar-refractivity contribution < 1.29 is 17.9 Å². The molecule has 1 aliphatic rings. The SMILES string of the molecule is C[C@@H]1CN(c2cc(=O)n(C)c3cn[nH]c23)[C@@H](C)CN1Cc1ccc(OC(F)(F)F)cc1. The molecule has 1 aromatic carbocycles. The Labute approximate surface area is 177 Å². The van der Waals surface area contributed by atoms with Crippen LogP contribution in [0.5, 0.6) is 5.75 Å². The minimum absolute atomic E-state index is 0.0904. The maximum atomic E-state index is 12.4. The van der Waals surface area contributed by atoms with Crippen molar-refractivity contribution in [1.29, 1.82) is 0 Å². The second-order valence-electron chi connectivity index (χ2n) is 8.03. The summed E-state index contributed by atoms with van der Waals surface area (Å²) in [7, 11) is 1.72. The molecule has 0 amide bonds. The van der Waals surface area contributed by atoms with Crippen molar-refractivity contribution >= 4 is 16.7 Å². The smallest absolute Gasteiger partial charge is 0.406 e. The number of fused-ring (bicyclic) bond motifs is 1. The normalized spacial score (nSPS) is 20.4. The first-order valence-corrected chi connectivity index (χ1v) is 10.0. The van der Waals surface area contributed by atoms with Crippen molar-refractivity contribution in [3.8, 4) is 5.75 Å². The van der Waals surface area contributed by atoms with Gasteiger partial charge in [-0.25, -0.2) is 0 Å². The fourth-order valence-electron chi connectivity index (χ4n) is 4.14. The molecule has 0 radical (unpaired) electrons. The number of nitrogens with zero attached hydrogens (tertiary/aromatic N) is 4. The van der Waals surface area contributed by atoms with Crippen molar-refractivity contribution in [3.05, 3.63) is 52.4 Å². The lowest BCUT2D eigenvalue weighted by molar-refractivity contribution is -0.274. The van der Waals surface area contributed by atoms with Gasteiger partial charge >= 0.3 is 6.36 Å². The number of alkyl halides is 3. The first kappa shape index (κ1) is 21.2. The Morgan fingerprint density at radius 2 is 1.87 bits per heavy atom. The van der Waals surface area contributed by atoms with Crippen LogP contribution < -0.4 is 15.2 Å². The Morgan fingerprint density at radius 3 is 2.55 bits per heavy atom. The van der Waals surface area contributed by atoms with Crippen LogP contribution in [0, 0.1) is 0 Å². The van der Waals surface area contributed by atoms with Crippen molar-refractivity contribution in [2.75, 3.05) is 18.0 Å². The molecule has 0 aliphatic carbocycles. The van der Waals surface area contributed by atoms with Gasteiger partial charge in [0, 0.05) is 44.8 Å². The van der Waals surface area contributed by atoms with Gasteiger partial charge in [-0.05, 0) is 31.5 Å². The first-order valence-electron chi connectivity index (χ1n) is 10.0. The average Bonchev–Trinajstić information content (AvgIpc) is 3.18. The maximum absolute atomic E-state index is 12.4. The van der Waals surface area contributed by atoms with E-state index in [1.54, 1.807) is 36.0 Å². The Bertz CT molecular complexity index is 1120. The summed E-state index contributed by atoms with van der Waals surface area (Å²) in [6, 6.07) is 7.91. The zero-order valence-electron chi connectivity index (χ0n) is 17.5. The van der Waals surface area contributed by atoms with Gasteiger partial charge in [0.1, 0.15) is 11.3 Å². The van der Waals surface area contributed by atoms with Crippen LogP contribution in [0.25, 0.3) is 11.0 Å². The Balaban J connectivity index is 1.49. The summed E-state index contributed by atoms with van der Waals surface area (Å²) >= 11 is 0. The molecule has 1 saturated heterocycles. The van der Waals surface area contributed by atoms with Crippen LogP contribution in [0.3, 0.4) is 0 Å². The highest BCUT2D eigenvalue weighted by atomic mass is 19.4. The number of anilines is 1. The van der Waals surface area contributed by atoms with E-state index in [9.17, 15) is 18.0 Å².